The van der Waals surface area contributed by atoms with Gasteiger partial charge in [0.05, 0.1) is 0 Å². The van der Waals surface area contributed by atoms with Crippen LogP contribution in [0.2, 0.25) is 0 Å². The van der Waals surface area contributed by atoms with Gasteiger partial charge in [-0.3, -0.25) is 0 Å². The Morgan fingerprint density at radius 2 is 1.94 bits per heavy atom. The van der Waals surface area contributed by atoms with E-state index in [-0.39, 0.29) is 0 Å². The first-order chi connectivity index (χ1) is 8.13. The maximum absolute atomic E-state index is 4.51. The maximum atomic E-state index is 4.51. The van der Waals surface area contributed by atoms with E-state index in [1.807, 2.05) is 0 Å². The number of hydrogen-bond acceptors (Lipinski definition) is 2. The fourth-order valence-electron chi connectivity index (χ4n) is 2.57. The second kappa shape index (κ2) is 5.77. The molecule has 17 heavy (non-hydrogen) atoms. The van der Waals surface area contributed by atoms with Gasteiger partial charge < -0.3 is 4.90 Å². The summed E-state index contributed by atoms with van der Waals surface area (Å²) in [5, 5.41) is 0. The standard InChI is InChI=1S/C14H20BrNS/c1-16(10-14(11-17)7-2-8-14)9-12-3-5-13(15)6-4-12/h3-6,17H,2,7-11H2,1H3. The molecule has 0 bridgehead atoms. The van der Waals surface area contributed by atoms with Crippen LogP contribution in [-0.2, 0) is 6.54 Å². The Bertz CT molecular complexity index is 353. The van der Waals surface area contributed by atoms with Crippen molar-refractivity contribution in [3.63, 3.8) is 0 Å². The van der Waals surface area contributed by atoms with Crippen LogP contribution in [0.15, 0.2) is 28.7 Å². The van der Waals surface area contributed by atoms with Crippen LogP contribution >= 0.6 is 28.6 Å². The first-order valence-corrected chi connectivity index (χ1v) is 7.60. The number of benzene rings is 1. The maximum Gasteiger partial charge on any atom is 0.0230 e. The summed E-state index contributed by atoms with van der Waals surface area (Å²) in [6.07, 6.45) is 4.08. The van der Waals surface area contributed by atoms with Crippen molar-refractivity contribution in [1.29, 1.82) is 0 Å². The van der Waals surface area contributed by atoms with Crippen LogP contribution in [0.25, 0.3) is 0 Å². The van der Waals surface area contributed by atoms with E-state index in [4.69, 9.17) is 0 Å². The molecule has 0 unspecified atom stereocenters. The second-order valence-corrected chi connectivity index (χ2v) is 6.54. The normalized spacial score (nSPS) is 18.1. The first kappa shape index (κ1) is 13.4. The molecule has 94 valence electrons. The Balaban J connectivity index is 1.88. The third-order valence-electron chi connectivity index (χ3n) is 3.72. The van der Waals surface area contributed by atoms with Crippen LogP contribution in [-0.4, -0.2) is 24.2 Å². The smallest absolute Gasteiger partial charge is 0.0230 e. The fourth-order valence-corrected chi connectivity index (χ4v) is 3.25. The summed E-state index contributed by atoms with van der Waals surface area (Å²) in [7, 11) is 2.21. The summed E-state index contributed by atoms with van der Waals surface area (Å²) in [6, 6.07) is 8.60. The van der Waals surface area contributed by atoms with Gasteiger partial charge in [-0.2, -0.15) is 12.6 Å². The summed E-state index contributed by atoms with van der Waals surface area (Å²) in [6.45, 7) is 2.20. The monoisotopic (exact) mass is 313 g/mol. The van der Waals surface area contributed by atoms with Gasteiger partial charge in [-0.1, -0.05) is 34.5 Å². The Morgan fingerprint density at radius 3 is 2.41 bits per heavy atom. The van der Waals surface area contributed by atoms with E-state index < -0.39 is 0 Å². The fraction of sp³-hybridized carbons (Fsp3) is 0.571. The molecule has 0 aliphatic heterocycles. The molecule has 0 N–H and O–H groups in total. The molecule has 1 saturated carbocycles. The number of rotatable bonds is 5. The zero-order valence-corrected chi connectivity index (χ0v) is 12.8. The minimum atomic E-state index is 0.493. The highest BCUT2D eigenvalue weighted by molar-refractivity contribution is 9.10. The molecule has 1 fully saturated rings. The van der Waals surface area contributed by atoms with Crippen LogP contribution in [0.5, 0.6) is 0 Å². The van der Waals surface area contributed by atoms with Crippen LogP contribution in [0.3, 0.4) is 0 Å². The molecule has 0 amide bonds. The summed E-state index contributed by atoms with van der Waals surface area (Å²) >= 11 is 7.98. The van der Waals surface area contributed by atoms with Gasteiger partial charge in [0.2, 0.25) is 0 Å². The summed E-state index contributed by atoms with van der Waals surface area (Å²) in [5.41, 5.74) is 1.87. The highest BCUT2D eigenvalue weighted by Crippen LogP contribution is 2.42. The molecule has 3 heteroatoms. The molecule has 1 aromatic carbocycles. The Labute approximate surface area is 118 Å². The average molecular weight is 314 g/mol. The summed E-state index contributed by atoms with van der Waals surface area (Å²) in [5.74, 6) is 1.03. The SMILES string of the molecule is CN(Cc1ccc(Br)cc1)CC1(CS)CCC1. The molecule has 1 aliphatic carbocycles. The molecule has 0 aromatic heterocycles. The van der Waals surface area contributed by atoms with Crippen molar-refractivity contribution in [2.45, 2.75) is 25.8 Å². The van der Waals surface area contributed by atoms with Crippen LogP contribution < -0.4 is 0 Å². The van der Waals surface area contributed by atoms with Crippen LogP contribution in [0.1, 0.15) is 24.8 Å². The Morgan fingerprint density at radius 1 is 1.29 bits per heavy atom. The minimum Gasteiger partial charge on any atom is -0.302 e. The van der Waals surface area contributed by atoms with E-state index in [2.05, 4.69) is 64.8 Å². The van der Waals surface area contributed by atoms with Crippen molar-refractivity contribution < 1.29 is 0 Å². The van der Waals surface area contributed by atoms with E-state index in [9.17, 15) is 0 Å². The van der Waals surface area contributed by atoms with E-state index in [1.165, 1.54) is 31.4 Å². The van der Waals surface area contributed by atoms with Crippen molar-refractivity contribution in [2.24, 2.45) is 5.41 Å². The van der Waals surface area contributed by atoms with Gasteiger partial charge in [0, 0.05) is 17.6 Å². The third kappa shape index (κ3) is 3.49. The van der Waals surface area contributed by atoms with Gasteiger partial charge in [-0.05, 0) is 48.8 Å². The topological polar surface area (TPSA) is 3.24 Å². The highest BCUT2D eigenvalue weighted by atomic mass is 79.9. The minimum absolute atomic E-state index is 0.493. The molecule has 1 aliphatic rings. The van der Waals surface area contributed by atoms with Gasteiger partial charge >= 0.3 is 0 Å². The van der Waals surface area contributed by atoms with Crippen molar-refractivity contribution in [1.82, 2.24) is 4.90 Å². The second-order valence-electron chi connectivity index (χ2n) is 5.31. The van der Waals surface area contributed by atoms with Gasteiger partial charge in [-0.15, -0.1) is 0 Å². The number of thiol groups is 1. The molecular formula is C14H20BrNS. The van der Waals surface area contributed by atoms with E-state index >= 15 is 0 Å². The highest BCUT2D eigenvalue weighted by Gasteiger charge is 2.36. The van der Waals surface area contributed by atoms with Crippen molar-refractivity contribution in [2.75, 3.05) is 19.3 Å². The molecular weight excluding hydrogens is 294 g/mol. The average Bonchev–Trinajstić information content (AvgIpc) is 2.27. The molecule has 0 saturated heterocycles. The zero-order chi connectivity index (χ0) is 12.3. The zero-order valence-electron chi connectivity index (χ0n) is 10.3. The molecule has 1 aromatic rings. The van der Waals surface area contributed by atoms with E-state index in [1.54, 1.807) is 0 Å². The van der Waals surface area contributed by atoms with E-state index in [0.717, 1.165) is 16.8 Å². The lowest BCUT2D eigenvalue weighted by molar-refractivity contribution is 0.102. The Kier molecular flexibility index (Phi) is 4.56. The quantitative estimate of drug-likeness (QED) is 0.805. The molecule has 2 rings (SSSR count). The summed E-state index contributed by atoms with van der Waals surface area (Å²) < 4.78 is 1.15. The third-order valence-corrected chi connectivity index (χ3v) is 4.92. The molecule has 0 radical (unpaired) electrons. The van der Waals surface area contributed by atoms with Gasteiger partial charge in [-0.25, -0.2) is 0 Å². The van der Waals surface area contributed by atoms with Crippen molar-refractivity contribution >= 4 is 28.6 Å². The van der Waals surface area contributed by atoms with E-state index in [0.29, 0.717) is 5.41 Å². The lowest BCUT2D eigenvalue weighted by atomic mass is 9.70. The number of nitrogens with zero attached hydrogens (tertiary/aromatic N) is 1. The first-order valence-electron chi connectivity index (χ1n) is 6.17. The van der Waals surface area contributed by atoms with Gasteiger partial charge in [0.25, 0.3) is 0 Å². The number of halogens is 1. The molecule has 0 spiro atoms. The van der Waals surface area contributed by atoms with Crippen LogP contribution in [0, 0.1) is 5.41 Å². The summed E-state index contributed by atoms with van der Waals surface area (Å²) in [4.78, 5) is 2.43. The number of hydrogen-bond donors (Lipinski definition) is 1. The largest absolute Gasteiger partial charge is 0.302 e. The lowest BCUT2D eigenvalue weighted by Crippen LogP contribution is -2.42. The van der Waals surface area contributed by atoms with Crippen molar-refractivity contribution in [3.05, 3.63) is 34.3 Å². The predicted molar refractivity (Wildman–Crippen MR) is 80.6 cm³/mol. The van der Waals surface area contributed by atoms with Gasteiger partial charge in [0.1, 0.15) is 0 Å². The molecule has 0 heterocycles. The van der Waals surface area contributed by atoms with Crippen molar-refractivity contribution in [3.8, 4) is 0 Å². The Hall–Kier alpha value is 0.01000. The predicted octanol–water partition coefficient (Wildman–Crippen LogP) is 3.98. The van der Waals surface area contributed by atoms with Gasteiger partial charge in [0.15, 0.2) is 0 Å². The molecule has 0 atom stereocenters. The lowest BCUT2D eigenvalue weighted by Gasteiger charge is -2.43. The molecule has 1 nitrogen and oxygen atoms in total. The van der Waals surface area contributed by atoms with Crippen LogP contribution in [0.4, 0.5) is 0 Å².